The van der Waals surface area contributed by atoms with Crippen molar-refractivity contribution < 1.29 is 9.26 Å². The number of aliphatic imine (C=N–C) groups is 1. The highest BCUT2D eigenvalue weighted by Crippen LogP contribution is 2.18. The number of ether oxygens (including phenoxy) is 1. The zero-order valence-corrected chi connectivity index (χ0v) is 18.5. The van der Waals surface area contributed by atoms with Gasteiger partial charge in [-0.25, -0.2) is 9.98 Å². The summed E-state index contributed by atoms with van der Waals surface area (Å²) in [6.45, 7) is 8.51. The van der Waals surface area contributed by atoms with Gasteiger partial charge in [-0.05, 0) is 25.0 Å². The molecule has 0 bridgehead atoms. The second-order valence-corrected chi connectivity index (χ2v) is 7.03. The summed E-state index contributed by atoms with van der Waals surface area (Å²) in [6.07, 6.45) is 3.39. The maximum absolute atomic E-state index is 5.95. The first kappa shape index (κ1) is 22.3. The summed E-state index contributed by atoms with van der Waals surface area (Å²) < 4.78 is 11.4. The Bertz CT molecular complexity index is 948. The van der Waals surface area contributed by atoms with E-state index in [0.717, 1.165) is 53.5 Å². The Morgan fingerprint density at radius 3 is 2.61 bits per heavy atom. The van der Waals surface area contributed by atoms with Crippen molar-refractivity contribution in [2.45, 2.75) is 53.3 Å². The third-order valence-electron chi connectivity index (χ3n) is 4.86. The molecule has 7 heteroatoms. The van der Waals surface area contributed by atoms with E-state index in [1.165, 1.54) is 0 Å². The monoisotopic (exact) mass is 421 g/mol. The van der Waals surface area contributed by atoms with Crippen molar-refractivity contribution >= 4 is 5.96 Å². The summed E-state index contributed by atoms with van der Waals surface area (Å²) in [6, 6.07) is 14.0. The van der Waals surface area contributed by atoms with Crippen LogP contribution in [0.1, 0.15) is 48.9 Å². The Morgan fingerprint density at radius 1 is 1.03 bits per heavy atom. The van der Waals surface area contributed by atoms with E-state index in [-0.39, 0.29) is 0 Å². The van der Waals surface area contributed by atoms with E-state index in [2.05, 4.69) is 34.6 Å². The van der Waals surface area contributed by atoms with Gasteiger partial charge in [-0.3, -0.25) is 0 Å². The molecule has 31 heavy (non-hydrogen) atoms. The molecule has 2 aromatic heterocycles. The van der Waals surface area contributed by atoms with Gasteiger partial charge in [0, 0.05) is 36.8 Å². The molecule has 2 heterocycles. The molecule has 1 aromatic carbocycles. The minimum absolute atomic E-state index is 0.457. The number of benzene rings is 1. The predicted octanol–water partition coefficient (Wildman–Crippen LogP) is 4.03. The third kappa shape index (κ3) is 6.31. The van der Waals surface area contributed by atoms with Crippen molar-refractivity contribution in [3.05, 3.63) is 76.8 Å². The van der Waals surface area contributed by atoms with Crippen LogP contribution >= 0.6 is 0 Å². The molecule has 0 saturated carbocycles. The number of nitrogens with one attached hydrogen (secondary N) is 2. The van der Waals surface area contributed by atoms with Crippen LogP contribution in [-0.4, -0.2) is 22.6 Å². The maximum atomic E-state index is 5.95. The van der Waals surface area contributed by atoms with Gasteiger partial charge in [0.1, 0.15) is 12.4 Å². The molecule has 0 atom stereocenters. The molecule has 0 unspecified atom stereocenters. The van der Waals surface area contributed by atoms with Crippen LogP contribution in [0.3, 0.4) is 0 Å². The van der Waals surface area contributed by atoms with Crippen molar-refractivity contribution in [3.63, 3.8) is 0 Å². The van der Waals surface area contributed by atoms with Gasteiger partial charge in [-0.1, -0.05) is 55.4 Å². The average Bonchev–Trinajstić information content (AvgIpc) is 3.22. The largest absolute Gasteiger partial charge is 0.473 e. The van der Waals surface area contributed by atoms with Crippen molar-refractivity contribution in [2.75, 3.05) is 6.54 Å². The first-order valence-electron chi connectivity index (χ1n) is 10.8. The van der Waals surface area contributed by atoms with Gasteiger partial charge in [0.2, 0.25) is 5.88 Å². The molecule has 164 valence electrons. The van der Waals surface area contributed by atoms with Crippen LogP contribution in [0.4, 0.5) is 0 Å². The molecule has 0 spiro atoms. The maximum Gasteiger partial charge on any atom is 0.218 e. The fourth-order valence-electron chi connectivity index (χ4n) is 3.22. The SMILES string of the molecule is CCNC(=NCc1cccnc1OCc1ccccc1)NCc1c(CC)noc1CC. The zero-order chi connectivity index (χ0) is 21.9. The normalized spacial score (nSPS) is 11.4. The molecular formula is C24H31N5O2. The minimum atomic E-state index is 0.457. The standard InChI is InChI=1S/C24H31N5O2/c1-4-21-20(22(5-2)31-29-21)16-28-24(25-6-3)27-15-19-13-10-14-26-23(19)30-17-18-11-8-7-9-12-18/h7-14H,4-6,15-17H2,1-3H3,(H2,25,27,28). The van der Waals surface area contributed by atoms with Crippen LogP contribution in [0.5, 0.6) is 5.88 Å². The average molecular weight is 422 g/mol. The van der Waals surface area contributed by atoms with E-state index < -0.39 is 0 Å². The number of guanidine groups is 1. The number of aromatic nitrogens is 2. The fraction of sp³-hybridized carbons (Fsp3) is 0.375. The van der Waals surface area contributed by atoms with Crippen LogP contribution in [0, 0.1) is 0 Å². The van der Waals surface area contributed by atoms with Gasteiger partial charge in [0.25, 0.3) is 0 Å². The van der Waals surface area contributed by atoms with E-state index in [4.69, 9.17) is 14.3 Å². The fourth-order valence-corrected chi connectivity index (χ4v) is 3.22. The summed E-state index contributed by atoms with van der Waals surface area (Å²) in [5.41, 5.74) is 4.14. The minimum Gasteiger partial charge on any atom is -0.473 e. The highest BCUT2D eigenvalue weighted by atomic mass is 16.5. The lowest BCUT2D eigenvalue weighted by Gasteiger charge is -2.13. The second kappa shape index (κ2) is 11.7. The van der Waals surface area contributed by atoms with Crippen LogP contribution in [0.25, 0.3) is 0 Å². The van der Waals surface area contributed by atoms with Crippen LogP contribution < -0.4 is 15.4 Å². The molecule has 3 aromatic rings. The Morgan fingerprint density at radius 2 is 1.87 bits per heavy atom. The molecule has 0 saturated heterocycles. The Balaban J connectivity index is 1.67. The number of aryl methyl sites for hydroxylation is 2. The van der Waals surface area contributed by atoms with E-state index in [1.807, 2.05) is 49.4 Å². The van der Waals surface area contributed by atoms with Gasteiger partial charge in [0.15, 0.2) is 5.96 Å². The van der Waals surface area contributed by atoms with Gasteiger partial charge in [-0.15, -0.1) is 0 Å². The number of hydrogen-bond donors (Lipinski definition) is 2. The van der Waals surface area contributed by atoms with Crippen molar-refractivity contribution in [1.29, 1.82) is 0 Å². The first-order chi connectivity index (χ1) is 15.2. The lowest BCUT2D eigenvalue weighted by Crippen LogP contribution is -2.37. The van der Waals surface area contributed by atoms with Crippen molar-refractivity contribution in [1.82, 2.24) is 20.8 Å². The molecule has 0 radical (unpaired) electrons. The molecule has 7 nitrogen and oxygen atoms in total. The first-order valence-corrected chi connectivity index (χ1v) is 10.8. The summed E-state index contributed by atoms with van der Waals surface area (Å²) in [5, 5.41) is 10.9. The molecule has 3 rings (SSSR count). The highest BCUT2D eigenvalue weighted by molar-refractivity contribution is 5.79. The van der Waals surface area contributed by atoms with Crippen LogP contribution in [-0.2, 0) is 32.5 Å². The lowest BCUT2D eigenvalue weighted by atomic mass is 10.1. The summed E-state index contributed by atoms with van der Waals surface area (Å²) in [5.74, 6) is 2.25. The number of hydrogen-bond acceptors (Lipinski definition) is 5. The number of nitrogens with zero attached hydrogens (tertiary/aromatic N) is 3. The quantitative estimate of drug-likeness (QED) is 0.380. The molecule has 0 aliphatic heterocycles. The Kier molecular flexibility index (Phi) is 8.46. The molecule has 0 fully saturated rings. The summed E-state index contributed by atoms with van der Waals surface area (Å²) in [7, 11) is 0. The number of rotatable bonds is 10. The second-order valence-electron chi connectivity index (χ2n) is 7.03. The van der Waals surface area contributed by atoms with Gasteiger partial charge in [0.05, 0.1) is 12.2 Å². The summed E-state index contributed by atoms with van der Waals surface area (Å²) >= 11 is 0. The van der Waals surface area contributed by atoms with Crippen molar-refractivity contribution in [2.24, 2.45) is 4.99 Å². The molecule has 2 N–H and O–H groups in total. The summed E-state index contributed by atoms with van der Waals surface area (Å²) in [4.78, 5) is 9.13. The van der Waals surface area contributed by atoms with E-state index in [0.29, 0.717) is 25.6 Å². The zero-order valence-electron chi connectivity index (χ0n) is 18.5. The van der Waals surface area contributed by atoms with E-state index in [1.54, 1.807) is 6.20 Å². The molecular weight excluding hydrogens is 390 g/mol. The molecule has 0 aliphatic carbocycles. The molecule has 0 aliphatic rings. The molecule has 0 amide bonds. The predicted molar refractivity (Wildman–Crippen MR) is 122 cm³/mol. The lowest BCUT2D eigenvalue weighted by molar-refractivity contribution is 0.290. The van der Waals surface area contributed by atoms with Crippen LogP contribution in [0.2, 0.25) is 0 Å². The van der Waals surface area contributed by atoms with E-state index >= 15 is 0 Å². The number of pyridine rings is 1. The van der Waals surface area contributed by atoms with E-state index in [9.17, 15) is 0 Å². The topological polar surface area (TPSA) is 84.6 Å². The Hall–Kier alpha value is -3.35. The highest BCUT2D eigenvalue weighted by Gasteiger charge is 2.14. The van der Waals surface area contributed by atoms with Gasteiger partial charge < -0.3 is 19.9 Å². The van der Waals surface area contributed by atoms with Gasteiger partial charge in [-0.2, -0.15) is 0 Å². The Labute approximate surface area is 183 Å². The van der Waals surface area contributed by atoms with Gasteiger partial charge >= 0.3 is 0 Å². The third-order valence-corrected chi connectivity index (χ3v) is 4.86. The van der Waals surface area contributed by atoms with Crippen LogP contribution in [0.15, 0.2) is 58.2 Å². The van der Waals surface area contributed by atoms with Crippen molar-refractivity contribution in [3.8, 4) is 5.88 Å². The smallest absolute Gasteiger partial charge is 0.218 e.